The predicted molar refractivity (Wildman–Crippen MR) is 72.3 cm³/mol. The van der Waals surface area contributed by atoms with Gasteiger partial charge < -0.3 is 10.1 Å². The molecule has 0 saturated carbocycles. The molecule has 0 aliphatic heterocycles. The van der Waals surface area contributed by atoms with Crippen molar-refractivity contribution in [1.82, 2.24) is 4.98 Å². The van der Waals surface area contributed by atoms with Gasteiger partial charge in [0.25, 0.3) is 0 Å². The van der Waals surface area contributed by atoms with Gasteiger partial charge in [0, 0.05) is 17.1 Å². The fourth-order valence-electron chi connectivity index (χ4n) is 1.42. The van der Waals surface area contributed by atoms with Crippen LogP contribution in [0.25, 0.3) is 0 Å². The minimum Gasteiger partial charge on any atom is -0.481 e. The van der Waals surface area contributed by atoms with E-state index in [0.717, 1.165) is 16.8 Å². The first kappa shape index (κ1) is 11.9. The molecule has 1 N–H and O–H groups in total. The third-order valence-electron chi connectivity index (χ3n) is 2.32. The molecule has 0 bridgehead atoms. The summed E-state index contributed by atoms with van der Waals surface area (Å²) < 4.78 is 6.15. The zero-order chi connectivity index (χ0) is 12.1. The van der Waals surface area contributed by atoms with E-state index >= 15 is 0 Å². The quantitative estimate of drug-likeness (QED) is 0.937. The van der Waals surface area contributed by atoms with Crippen molar-refractivity contribution in [3.63, 3.8) is 0 Å². The van der Waals surface area contributed by atoms with E-state index in [0.29, 0.717) is 5.88 Å². The molecule has 0 fully saturated rings. The maximum atomic E-state index is 5.07. The Balaban J connectivity index is 1.99. The van der Waals surface area contributed by atoms with Crippen LogP contribution in [0.15, 0.2) is 46.9 Å². The van der Waals surface area contributed by atoms with E-state index in [-0.39, 0.29) is 0 Å². The Bertz CT molecular complexity index is 485. The van der Waals surface area contributed by atoms with Gasteiger partial charge in [-0.05, 0) is 23.8 Å². The van der Waals surface area contributed by atoms with Crippen LogP contribution in [0.3, 0.4) is 0 Å². The second-order valence-electron chi connectivity index (χ2n) is 3.55. The number of ether oxygens (including phenoxy) is 1. The molecule has 4 heteroatoms. The average Bonchev–Trinajstić information content (AvgIpc) is 2.38. The summed E-state index contributed by atoms with van der Waals surface area (Å²) in [5, 5.41) is 3.25. The lowest BCUT2D eigenvalue weighted by Gasteiger charge is -2.07. The number of rotatable bonds is 4. The number of nitrogens with zero attached hydrogens (tertiary/aromatic N) is 1. The number of hydrogen-bond donors (Lipinski definition) is 1. The van der Waals surface area contributed by atoms with Crippen LogP contribution >= 0.6 is 15.9 Å². The molecule has 0 saturated heterocycles. The molecule has 1 aromatic heterocycles. The molecule has 17 heavy (non-hydrogen) atoms. The summed E-state index contributed by atoms with van der Waals surface area (Å²) in [5.41, 5.74) is 1.21. The summed E-state index contributed by atoms with van der Waals surface area (Å²) in [6.45, 7) is 0.743. The molecular weight excluding hydrogens is 280 g/mol. The second kappa shape index (κ2) is 5.68. The molecule has 0 atom stereocenters. The highest BCUT2D eigenvalue weighted by atomic mass is 79.9. The van der Waals surface area contributed by atoms with Crippen molar-refractivity contribution < 1.29 is 4.74 Å². The third kappa shape index (κ3) is 3.46. The van der Waals surface area contributed by atoms with E-state index in [4.69, 9.17) is 4.74 Å². The number of benzene rings is 1. The van der Waals surface area contributed by atoms with Crippen molar-refractivity contribution in [3.8, 4) is 5.88 Å². The SMILES string of the molecule is COc1cccc(NCc2ccc(Br)cc2)n1. The van der Waals surface area contributed by atoms with Crippen molar-refractivity contribution in [2.75, 3.05) is 12.4 Å². The highest BCUT2D eigenvalue weighted by Crippen LogP contribution is 2.14. The molecule has 2 rings (SSSR count). The Hall–Kier alpha value is -1.55. The molecule has 0 aliphatic carbocycles. The molecule has 0 aliphatic rings. The number of pyridine rings is 1. The Labute approximate surface area is 109 Å². The largest absolute Gasteiger partial charge is 0.481 e. The Morgan fingerprint density at radius 3 is 2.65 bits per heavy atom. The van der Waals surface area contributed by atoms with E-state index in [1.165, 1.54) is 5.56 Å². The summed E-state index contributed by atoms with van der Waals surface area (Å²) >= 11 is 3.41. The first-order chi connectivity index (χ1) is 8.28. The van der Waals surface area contributed by atoms with Gasteiger partial charge in [0.15, 0.2) is 0 Å². The van der Waals surface area contributed by atoms with Crippen LogP contribution in [0.1, 0.15) is 5.56 Å². The number of aromatic nitrogens is 1. The van der Waals surface area contributed by atoms with Crippen LogP contribution in [0.4, 0.5) is 5.82 Å². The summed E-state index contributed by atoms with van der Waals surface area (Å²) in [6, 6.07) is 13.8. The van der Waals surface area contributed by atoms with Crippen molar-refractivity contribution in [2.24, 2.45) is 0 Å². The van der Waals surface area contributed by atoms with Gasteiger partial charge in [0.05, 0.1) is 7.11 Å². The van der Waals surface area contributed by atoms with Gasteiger partial charge in [-0.3, -0.25) is 0 Å². The van der Waals surface area contributed by atoms with Gasteiger partial charge in [-0.15, -0.1) is 0 Å². The minimum atomic E-state index is 0.616. The lowest BCUT2D eigenvalue weighted by molar-refractivity contribution is 0.398. The van der Waals surface area contributed by atoms with Crippen molar-refractivity contribution in [3.05, 3.63) is 52.5 Å². The minimum absolute atomic E-state index is 0.616. The Morgan fingerprint density at radius 1 is 1.18 bits per heavy atom. The van der Waals surface area contributed by atoms with E-state index in [1.54, 1.807) is 7.11 Å². The standard InChI is InChI=1S/C13H13BrN2O/c1-17-13-4-2-3-12(16-13)15-9-10-5-7-11(14)8-6-10/h2-8H,9H2,1H3,(H,15,16). The fourth-order valence-corrected chi connectivity index (χ4v) is 1.69. The van der Waals surface area contributed by atoms with Crippen LogP contribution in [0.5, 0.6) is 5.88 Å². The number of halogens is 1. The summed E-state index contributed by atoms with van der Waals surface area (Å²) in [4.78, 5) is 4.28. The maximum absolute atomic E-state index is 5.07. The van der Waals surface area contributed by atoms with E-state index in [2.05, 4.69) is 38.4 Å². The highest BCUT2D eigenvalue weighted by Gasteiger charge is 1.97. The van der Waals surface area contributed by atoms with Gasteiger partial charge in [0.2, 0.25) is 5.88 Å². The van der Waals surface area contributed by atoms with Crippen molar-refractivity contribution in [2.45, 2.75) is 6.54 Å². The molecule has 0 radical (unpaired) electrons. The van der Waals surface area contributed by atoms with E-state index in [9.17, 15) is 0 Å². The number of anilines is 1. The second-order valence-corrected chi connectivity index (χ2v) is 4.46. The Morgan fingerprint density at radius 2 is 1.94 bits per heavy atom. The number of hydrogen-bond acceptors (Lipinski definition) is 3. The lowest BCUT2D eigenvalue weighted by atomic mass is 10.2. The molecule has 0 spiro atoms. The number of nitrogens with one attached hydrogen (secondary N) is 1. The molecule has 2 aromatic rings. The smallest absolute Gasteiger partial charge is 0.214 e. The van der Waals surface area contributed by atoms with Crippen LogP contribution in [0.2, 0.25) is 0 Å². The van der Waals surface area contributed by atoms with Crippen LogP contribution in [-0.4, -0.2) is 12.1 Å². The third-order valence-corrected chi connectivity index (χ3v) is 2.85. The van der Waals surface area contributed by atoms with Gasteiger partial charge in [0.1, 0.15) is 5.82 Å². The maximum Gasteiger partial charge on any atom is 0.214 e. The predicted octanol–water partition coefficient (Wildman–Crippen LogP) is 3.46. The summed E-state index contributed by atoms with van der Waals surface area (Å²) in [7, 11) is 1.61. The molecule has 1 heterocycles. The van der Waals surface area contributed by atoms with E-state index < -0.39 is 0 Å². The number of methoxy groups -OCH3 is 1. The van der Waals surface area contributed by atoms with Crippen LogP contribution in [-0.2, 0) is 6.54 Å². The average molecular weight is 293 g/mol. The summed E-state index contributed by atoms with van der Waals surface area (Å²) in [5.74, 6) is 1.43. The van der Waals surface area contributed by atoms with Crippen LogP contribution < -0.4 is 10.1 Å². The summed E-state index contributed by atoms with van der Waals surface area (Å²) in [6.07, 6.45) is 0. The van der Waals surface area contributed by atoms with Gasteiger partial charge in [-0.1, -0.05) is 34.1 Å². The molecular formula is C13H13BrN2O. The molecule has 0 amide bonds. The highest BCUT2D eigenvalue weighted by molar-refractivity contribution is 9.10. The van der Waals surface area contributed by atoms with E-state index in [1.807, 2.05) is 30.3 Å². The fraction of sp³-hybridized carbons (Fsp3) is 0.154. The topological polar surface area (TPSA) is 34.1 Å². The Kier molecular flexibility index (Phi) is 3.98. The van der Waals surface area contributed by atoms with Gasteiger partial charge >= 0.3 is 0 Å². The monoisotopic (exact) mass is 292 g/mol. The normalized spacial score (nSPS) is 10.0. The van der Waals surface area contributed by atoms with Crippen molar-refractivity contribution >= 4 is 21.7 Å². The molecule has 0 unspecified atom stereocenters. The lowest BCUT2D eigenvalue weighted by Crippen LogP contribution is -2.01. The molecule has 1 aromatic carbocycles. The van der Waals surface area contributed by atoms with Crippen molar-refractivity contribution in [1.29, 1.82) is 0 Å². The van der Waals surface area contributed by atoms with Gasteiger partial charge in [-0.2, -0.15) is 4.98 Å². The first-order valence-electron chi connectivity index (χ1n) is 5.27. The molecule has 88 valence electrons. The zero-order valence-corrected chi connectivity index (χ0v) is 11.1. The zero-order valence-electron chi connectivity index (χ0n) is 9.48. The van der Waals surface area contributed by atoms with Crippen LogP contribution in [0, 0.1) is 0 Å². The first-order valence-corrected chi connectivity index (χ1v) is 6.06. The molecule has 3 nitrogen and oxygen atoms in total. The van der Waals surface area contributed by atoms with Gasteiger partial charge in [-0.25, -0.2) is 0 Å².